The number of hydrogen-bond acceptors (Lipinski definition) is 3. The molecule has 0 radical (unpaired) electrons. The molecule has 1 atom stereocenters. The second-order valence-corrected chi connectivity index (χ2v) is 6.49. The first kappa shape index (κ1) is 21.6. The van der Waals surface area contributed by atoms with Gasteiger partial charge in [0.15, 0.2) is 0 Å². The molecule has 0 fully saturated rings. The van der Waals surface area contributed by atoms with Crippen molar-refractivity contribution in [3.63, 3.8) is 0 Å². The summed E-state index contributed by atoms with van der Waals surface area (Å²) in [4.78, 5) is 27.2. The molecule has 0 saturated heterocycles. The summed E-state index contributed by atoms with van der Waals surface area (Å²) in [6.45, 7) is 2.76. The van der Waals surface area contributed by atoms with Crippen LogP contribution in [0.5, 0.6) is 0 Å². The molecule has 5 nitrogen and oxygen atoms in total. The van der Waals surface area contributed by atoms with Crippen LogP contribution in [0, 0.1) is 5.82 Å². The predicted octanol–water partition coefficient (Wildman–Crippen LogP) is 2.94. The van der Waals surface area contributed by atoms with Crippen LogP contribution >= 0.6 is 0 Å². The minimum atomic E-state index is -0.670. The minimum Gasteiger partial charge on any atom is -0.383 e. The highest BCUT2D eigenvalue weighted by Gasteiger charge is 2.29. The zero-order chi connectivity index (χ0) is 20.4. The average molecular weight is 386 g/mol. The highest BCUT2D eigenvalue weighted by atomic mass is 19.1. The molecule has 0 aliphatic rings. The van der Waals surface area contributed by atoms with E-state index in [-0.39, 0.29) is 30.6 Å². The summed E-state index contributed by atoms with van der Waals surface area (Å²) in [5.74, 6) is -0.702. The van der Waals surface area contributed by atoms with Crippen LogP contribution in [0.4, 0.5) is 4.39 Å². The van der Waals surface area contributed by atoms with Gasteiger partial charge in [-0.25, -0.2) is 4.39 Å². The summed E-state index contributed by atoms with van der Waals surface area (Å²) in [7, 11) is 1.56. The number of nitrogens with zero attached hydrogens (tertiary/aromatic N) is 1. The highest BCUT2D eigenvalue weighted by molar-refractivity contribution is 5.87. The minimum absolute atomic E-state index is 0.132. The first-order valence-corrected chi connectivity index (χ1v) is 9.39. The number of benzene rings is 2. The van der Waals surface area contributed by atoms with Gasteiger partial charge >= 0.3 is 0 Å². The van der Waals surface area contributed by atoms with Crippen molar-refractivity contribution in [1.82, 2.24) is 10.2 Å². The third-order valence-electron chi connectivity index (χ3n) is 4.45. The van der Waals surface area contributed by atoms with Gasteiger partial charge in [0.1, 0.15) is 11.9 Å². The molecule has 150 valence electrons. The summed E-state index contributed by atoms with van der Waals surface area (Å²) in [6, 6.07) is 14.9. The SMILES string of the molecule is CCC(=O)N(Cc1ccc(F)cc1)[C@@H](Cc1ccccc1)C(=O)NCCOC. The molecule has 2 aromatic carbocycles. The Morgan fingerprint density at radius 3 is 2.36 bits per heavy atom. The third-order valence-corrected chi connectivity index (χ3v) is 4.45. The number of ether oxygens (including phenoxy) is 1. The Kier molecular flexibility index (Phi) is 8.62. The molecule has 0 aliphatic carbocycles. The molecule has 0 unspecified atom stereocenters. The molecule has 6 heteroatoms. The molecule has 0 bridgehead atoms. The summed E-state index contributed by atoms with van der Waals surface area (Å²) in [5.41, 5.74) is 1.73. The lowest BCUT2D eigenvalue weighted by atomic mass is 10.0. The summed E-state index contributed by atoms with van der Waals surface area (Å²) >= 11 is 0. The summed E-state index contributed by atoms with van der Waals surface area (Å²) in [5, 5.41) is 2.84. The average Bonchev–Trinajstić information content (AvgIpc) is 2.72. The Labute approximate surface area is 165 Å². The number of halogens is 1. The molecular weight excluding hydrogens is 359 g/mol. The van der Waals surface area contributed by atoms with E-state index in [1.807, 2.05) is 30.3 Å². The molecule has 2 aromatic rings. The quantitative estimate of drug-likeness (QED) is 0.639. The molecule has 2 amide bonds. The van der Waals surface area contributed by atoms with Gasteiger partial charge in [-0.2, -0.15) is 0 Å². The fourth-order valence-electron chi connectivity index (χ4n) is 2.94. The Morgan fingerprint density at radius 1 is 1.07 bits per heavy atom. The van der Waals surface area contributed by atoms with Crippen molar-refractivity contribution >= 4 is 11.8 Å². The van der Waals surface area contributed by atoms with Gasteiger partial charge in [0.2, 0.25) is 11.8 Å². The molecule has 2 rings (SSSR count). The molecule has 0 spiro atoms. The fraction of sp³-hybridized carbons (Fsp3) is 0.364. The van der Waals surface area contributed by atoms with Crippen LogP contribution in [-0.4, -0.2) is 43.0 Å². The fourth-order valence-corrected chi connectivity index (χ4v) is 2.94. The van der Waals surface area contributed by atoms with E-state index < -0.39 is 6.04 Å². The number of carbonyl (C=O) groups is 2. The summed E-state index contributed by atoms with van der Waals surface area (Å²) < 4.78 is 18.2. The van der Waals surface area contributed by atoms with Crippen molar-refractivity contribution in [3.8, 4) is 0 Å². The molecule has 1 N–H and O–H groups in total. The number of carbonyl (C=O) groups excluding carboxylic acids is 2. The van der Waals surface area contributed by atoms with Gasteiger partial charge < -0.3 is 15.0 Å². The zero-order valence-corrected chi connectivity index (χ0v) is 16.4. The van der Waals surface area contributed by atoms with E-state index in [4.69, 9.17) is 4.74 Å². The maximum atomic E-state index is 13.2. The summed E-state index contributed by atoms with van der Waals surface area (Å²) in [6.07, 6.45) is 0.671. The lowest BCUT2D eigenvalue weighted by molar-refractivity contribution is -0.141. The van der Waals surface area contributed by atoms with Crippen LogP contribution in [0.2, 0.25) is 0 Å². The molecule has 0 heterocycles. The smallest absolute Gasteiger partial charge is 0.243 e. The van der Waals surface area contributed by atoms with E-state index in [2.05, 4.69) is 5.32 Å². The normalized spacial score (nSPS) is 11.7. The van der Waals surface area contributed by atoms with E-state index in [0.29, 0.717) is 19.6 Å². The van der Waals surface area contributed by atoms with E-state index >= 15 is 0 Å². The zero-order valence-electron chi connectivity index (χ0n) is 16.4. The van der Waals surface area contributed by atoms with Crippen LogP contribution in [0.1, 0.15) is 24.5 Å². The molecule has 0 aromatic heterocycles. The monoisotopic (exact) mass is 386 g/mol. The van der Waals surface area contributed by atoms with E-state index in [1.54, 1.807) is 31.1 Å². The van der Waals surface area contributed by atoms with Crippen LogP contribution in [0.15, 0.2) is 54.6 Å². The van der Waals surface area contributed by atoms with Crippen LogP contribution < -0.4 is 5.32 Å². The number of nitrogens with one attached hydrogen (secondary N) is 1. The standard InChI is InChI=1S/C22H27FN2O3/c1-3-21(26)25(16-18-9-11-19(23)12-10-18)20(22(27)24-13-14-28-2)15-17-7-5-4-6-8-17/h4-12,20H,3,13-16H2,1-2H3,(H,24,27)/t20-/m0/s1. The van der Waals surface area contributed by atoms with Gasteiger partial charge in [-0.15, -0.1) is 0 Å². The topological polar surface area (TPSA) is 58.6 Å². The van der Waals surface area contributed by atoms with Crippen LogP contribution in [-0.2, 0) is 27.3 Å². The van der Waals surface area contributed by atoms with E-state index in [0.717, 1.165) is 11.1 Å². The highest BCUT2D eigenvalue weighted by Crippen LogP contribution is 2.16. The van der Waals surface area contributed by atoms with Gasteiger partial charge in [-0.1, -0.05) is 49.4 Å². The Bertz CT molecular complexity index is 750. The molecular formula is C22H27FN2O3. The van der Waals surface area contributed by atoms with Gasteiger partial charge in [-0.3, -0.25) is 9.59 Å². The van der Waals surface area contributed by atoms with Crippen molar-refractivity contribution in [1.29, 1.82) is 0 Å². The van der Waals surface area contributed by atoms with E-state index in [1.165, 1.54) is 12.1 Å². The lowest BCUT2D eigenvalue weighted by Gasteiger charge is -2.31. The lowest BCUT2D eigenvalue weighted by Crippen LogP contribution is -2.50. The van der Waals surface area contributed by atoms with Crippen molar-refractivity contribution < 1.29 is 18.7 Å². The molecule has 0 saturated carbocycles. The van der Waals surface area contributed by atoms with Crippen LogP contribution in [0.3, 0.4) is 0 Å². The number of rotatable bonds is 10. The second kappa shape index (κ2) is 11.2. The van der Waals surface area contributed by atoms with Crippen molar-refractivity contribution in [2.75, 3.05) is 20.3 Å². The van der Waals surface area contributed by atoms with E-state index in [9.17, 15) is 14.0 Å². The largest absolute Gasteiger partial charge is 0.383 e. The first-order chi connectivity index (χ1) is 13.5. The van der Waals surface area contributed by atoms with Crippen molar-refractivity contribution in [2.45, 2.75) is 32.4 Å². The third kappa shape index (κ3) is 6.46. The first-order valence-electron chi connectivity index (χ1n) is 9.39. The number of hydrogen-bond donors (Lipinski definition) is 1. The van der Waals surface area contributed by atoms with Gasteiger partial charge in [-0.05, 0) is 23.3 Å². The Hall–Kier alpha value is -2.73. The molecule has 28 heavy (non-hydrogen) atoms. The van der Waals surface area contributed by atoms with Gasteiger partial charge in [0.25, 0.3) is 0 Å². The van der Waals surface area contributed by atoms with Gasteiger partial charge in [0, 0.05) is 33.0 Å². The van der Waals surface area contributed by atoms with Crippen molar-refractivity contribution in [2.24, 2.45) is 0 Å². The van der Waals surface area contributed by atoms with Crippen LogP contribution in [0.25, 0.3) is 0 Å². The molecule has 0 aliphatic heterocycles. The second-order valence-electron chi connectivity index (χ2n) is 6.49. The maximum Gasteiger partial charge on any atom is 0.243 e. The van der Waals surface area contributed by atoms with Crippen molar-refractivity contribution in [3.05, 3.63) is 71.5 Å². The number of methoxy groups -OCH3 is 1. The maximum absolute atomic E-state index is 13.2. The van der Waals surface area contributed by atoms with Gasteiger partial charge in [0.05, 0.1) is 6.61 Å². The Balaban J connectivity index is 2.28. The number of amides is 2. The predicted molar refractivity (Wildman–Crippen MR) is 106 cm³/mol. The Morgan fingerprint density at radius 2 is 1.75 bits per heavy atom.